The normalized spacial score (nSPS) is 28.1. The molecule has 0 aliphatic heterocycles. The van der Waals surface area contributed by atoms with E-state index in [0.717, 1.165) is 19.4 Å². The van der Waals surface area contributed by atoms with Crippen LogP contribution in [0.3, 0.4) is 0 Å². The van der Waals surface area contributed by atoms with E-state index in [1.165, 1.54) is 51.4 Å². The molecule has 0 amide bonds. The van der Waals surface area contributed by atoms with Gasteiger partial charge in [-0.05, 0) is 38.5 Å². The van der Waals surface area contributed by atoms with E-state index < -0.39 is 5.60 Å². The molecule has 0 aromatic rings. The van der Waals surface area contributed by atoms with Gasteiger partial charge in [0, 0.05) is 12.1 Å². The second-order valence-corrected chi connectivity index (χ2v) is 5.98. The highest BCUT2D eigenvalue weighted by Gasteiger charge is 2.37. The summed E-state index contributed by atoms with van der Waals surface area (Å²) >= 11 is 0. The van der Waals surface area contributed by atoms with Crippen LogP contribution in [0.15, 0.2) is 0 Å². The van der Waals surface area contributed by atoms with E-state index >= 15 is 0 Å². The summed E-state index contributed by atoms with van der Waals surface area (Å²) in [6.07, 6.45) is 12.2. The zero-order chi connectivity index (χ0) is 11.5. The van der Waals surface area contributed by atoms with E-state index in [9.17, 15) is 5.11 Å². The van der Waals surface area contributed by atoms with Gasteiger partial charge in [-0.2, -0.15) is 0 Å². The molecule has 2 heteroatoms. The highest BCUT2D eigenvalue weighted by molar-refractivity contribution is 4.97. The Bertz CT molecular complexity index is 209. The highest BCUT2D eigenvalue weighted by Crippen LogP contribution is 2.36. The molecule has 2 rings (SSSR count). The van der Waals surface area contributed by atoms with Crippen molar-refractivity contribution in [3.63, 3.8) is 0 Å². The summed E-state index contributed by atoms with van der Waals surface area (Å²) in [5, 5.41) is 14.2. The lowest BCUT2D eigenvalue weighted by Crippen LogP contribution is -2.55. The highest BCUT2D eigenvalue weighted by atomic mass is 16.3. The molecule has 2 saturated carbocycles. The van der Waals surface area contributed by atoms with Gasteiger partial charge in [0.25, 0.3) is 0 Å². The molecule has 0 bridgehead atoms. The van der Waals surface area contributed by atoms with Gasteiger partial charge in [-0.1, -0.05) is 32.6 Å². The van der Waals surface area contributed by atoms with Crippen LogP contribution in [0.2, 0.25) is 0 Å². The van der Waals surface area contributed by atoms with Crippen LogP contribution >= 0.6 is 0 Å². The van der Waals surface area contributed by atoms with E-state index in [1.807, 2.05) is 0 Å². The molecule has 0 unspecified atom stereocenters. The van der Waals surface area contributed by atoms with Gasteiger partial charge < -0.3 is 10.4 Å². The van der Waals surface area contributed by atoms with Gasteiger partial charge in [-0.3, -0.25) is 0 Å². The fourth-order valence-electron chi connectivity index (χ4n) is 3.17. The van der Waals surface area contributed by atoms with Crippen molar-refractivity contribution in [1.29, 1.82) is 0 Å². The summed E-state index contributed by atoms with van der Waals surface area (Å²) in [4.78, 5) is 0. The fraction of sp³-hybridized carbons (Fsp3) is 1.00. The Morgan fingerprint density at radius 3 is 2.00 bits per heavy atom. The molecule has 2 nitrogen and oxygen atoms in total. The maximum atomic E-state index is 10.6. The van der Waals surface area contributed by atoms with Crippen molar-refractivity contribution in [2.24, 2.45) is 0 Å². The molecule has 16 heavy (non-hydrogen) atoms. The van der Waals surface area contributed by atoms with Crippen molar-refractivity contribution in [1.82, 2.24) is 5.32 Å². The molecule has 0 aromatic heterocycles. The molecule has 0 radical (unpaired) electrons. The van der Waals surface area contributed by atoms with Gasteiger partial charge in [0.15, 0.2) is 0 Å². The Hall–Kier alpha value is -0.0800. The van der Waals surface area contributed by atoms with Crippen LogP contribution in [0.4, 0.5) is 0 Å². The topological polar surface area (TPSA) is 32.3 Å². The molecule has 2 aliphatic carbocycles. The number of β-amino-alcohol motifs (C(OH)–C–C–N with tert-alkyl or cyclic N) is 1. The largest absolute Gasteiger partial charge is 0.389 e. The van der Waals surface area contributed by atoms with Gasteiger partial charge >= 0.3 is 0 Å². The Kier molecular flexibility index (Phi) is 3.91. The van der Waals surface area contributed by atoms with Crippen LogP contribution in [0, 0.1) is 0 Å². The van der Waals surface area contributed by atoms with Crippen molar-refractivity contribution in [2.75, 3.05) is 6.54 Å². The molecule has 2 N–H and O–H groups in total. The fourth-order valence-corrected chi connectivity index (χ4v) is 3.17. The summed E-state index contributed by atoms with van der Waals surface area (Å²) in [5.74, 6) is 0. The minimum absolute atomic E-state index is 0.377. The smallest absolute Gasteiger partial charge is 0.0771 e. The molecule has 2 aliphatic rings. The maximum Gasteiger partial charge on any atom is 0.0771 e. The molecule has 0 atom stereocenters. The van der Waals surface area contributed by atoms with Gasteiger partial charge in [-0.15, -0.1) is 0 Å². The lowest BCUT2D eigenvalue weighted by Gasteiger charge is -2.44. The molecular weight excluding hydrogens is 198 g/mol. The monoisotopic (exact) mass is 225 g/mol. The second kappa shape index (κ2) is 5.05. The van der Waals surface area contributed by atoms with Crippen molar-refractivity contribution in [3.8, 4) is 0 Å². The third-order valence-corrected chi connectivity index (χ3v) is 4.81. The standard InChI is InChI=1S/C14H27NO/c1-2-13(8-7-9-13)15-12-14(16)10-5-3-4-6-11-14/h15-16H,2-12H2,1H3. The Labute approximate surface area is 99.8 Å². The van der Waals surface area contributed by atoms with Crippen molar-refractivity contribution in [3.05, 3.63) is 0 Å². The second-order valence-electron chi connectivity index (χ2n) is 5.98. The summed E-state index contributed by atoms with van der Waals surface area (Å²) < 4.78 is 0. The van der Waals surface area contributed by atoms with E-state index in [-0.39, 0.29) is 0 Å². The molecule has 0 saturated heterocycles. The quantitative estimate of drug-likeness (QED) is 0.721. The zero-order valence-electron chi connectivity index (χ0n) is 10.7. The predicted molar refractivity (Wildman–Crippen MR) is 67.5 cm³/mol. The van der Waals surface area contributed by atoms with Gasteiger partial charge in [0.2, 0.25) is 0 Å². The van der Waals surface area contributed by atoms with E-state index in [4.69, 9.17) is 0 Å². The molecule has 0 spiro atoms. The van der Waals surface area contributed by atoms with E-state index in [0.29, 0.717) is 5.54 Å². The Morgan fingerprint density at radius 1 is 0.938 bits per heavy atom. The Balaban J connectivity index is 1.82. The minimum Gasteiger partial charge on any atom is -0.389 e. The third-order valence-electron chi connectivity index (χ3n) is 4.81. The number of aliphatic hydroxyl groups is 1. The third kappa shape index (κ3) is 2.78. The van der Waals surface area contributed by atoms with Crippen LogP contribution in [-0.2, 0) is 0 Å². The lowest BCUT2D eigenvalue weighted by molar-refractivity contribution is 0.00904. The zero-order valence-corrected chi connectivity index (χ0v) is 10.7. The summed E-state index contributed by atoms with van der Waals surface area (Å²) in [7, 11) is 0. The number of nitrogens with one attached hydrogen (secondary N) is 1. The van der Waals surface area contributed by atoms with E-state index in [1.54, 1.807) is 0 Å². The summed E-state index contributed by atoms with van der Waals surface area (Å²) in [5.41, 5.74) is -0.0315. The van der Waals surface area contributed by atoms with Crippen molar-refractivity contribution in [2.45, 2.75) is 82.3 Å². The van der Waals surface area contributed by atoms with Crippen LogP contribution < -0.4 is 5.32 Å². The van der Waals surface area contributed by atoms with E-state index in [2.05, 4.69) is 12.2 Å². The number of rotatable bonds is 4. The van der Waals surface area contributed by atoms with Gasteiger partial charge in [0.05, 0.1) is 5.60 Å². The first-order valence-electron chi connectivity index (χ1n) is 7.16. The first kappa shape index (κ1) is 12.4. The molecular formula is C14H27NO. The first-order valence-corrected chi connectivity index (χ1v) is 7.16. The Morgan fingerprint density at radius 2 is 1.56 bits per heavy atom. The van der Waals surface area contributed by atoms with Crippen molar-refractivity contribution < 1.29 is 5.11 Å². The number of hydrogen-bond donors (Lipinski definition) is 2. The molecule has 0 aromatic carbocycles. The van der Waals surface area contributed by atoms with Crippen LogP contribution in [0.25, 0.3) is 0 Å². The maximum absolute atomic E-state index is 10.6. The first-order chi connectivity index (χ1) is 7.68. The SMILES string of the molecule is CCC1(NCC2(O)CCCCCC2)CCC1. The molecule has 2 fully saturated rings. The van der Waals surface area contributed by atoms with Gasteiger partial charge in [-0.25, -0.2) is 0 Å². The molecule has 0 heterocycles. The lowest BCUT2D eigenvalue weighted by atomic mass is 9.74. The summed E-state index contributed by atoms with van der Waals surface area (Å²) in [6, 6.07) is 0. The molecule has 94 valence electrons. The number of hydrogen-bond acceptors (Lipinski definition) is 2. The average molecular weight is 225 g/mol. The minimum atomic E-state index is -0.408. The van der Waals surface area contributed by atoms with Crippen LogP contribution in [0.5, 0.6) is 0 Å². The summed E-state index contributed by atoms with van der Waals surface area (Å²) in [6.45, 7) is 3.09. The average Bonchev–Trinajstić information content (AvgIpc) is 2.43. The van der Waals surface area contributed by atoms with Crippen LogP contribution in [-0.4, -0.2) is 22.8 Å². The van der Waals surface area contributed by atoms with Gasteiger partial charge in [0.1, 0.15) is 0 Å². The van der Waals surface area contributed by atoms with Crippen LogP contribution in [0.1, 0.15) is 71.1 Å². The van der Waals surface area contributed by atoms with Crippen molar-refractivity contribution >= 4 is 0 Å². The predicted octanol–water partition coefficient (Wildman–Crippen LogP) is 2.99.